The summed E-state index contributed by atoms with van der Waals surface area (Å²) in [6.07, 6.45) is 2.48. The smallest absolute Gasteiger partial charge is 0.407 e. The van der Waals surface area contributed by atoms with Gasteiger partial charge in [0.25, 0.3) is 0 Å². The summed E-state index contributed by atoms with van der Waals surface area (Å²) < 4.78 is 7.04. The number of hydrogen-bond donors (Lipinski definition) is 1. The van der Waals surface area contributed by atoms with Crippen LogP contribution in [0, 0.1) is 13.8 Å². The van der Waals surface area contributed by atoms with Gasteiger partial charge in [-0.2, -0.15) is 5.10 Å². The minimum Gasteiger partial charge on any atom is -0.444 e. The average molecular weight is 253 g/mol. The van der Waals surface area contributed by atoms with Crippen LogP contribution in [0.3, 0.4) is 0 Å². The molecule has 1 aromatic rings. The van der Waals surface area contributed by atoms with Crippen molar-refractivity contribution >= 4 is 6.09 Å². The van der Waals surface area contributed by atoms with Gasteiger partial charge < -0.3 is 10.1 Å². The molecule has 0 atom stereocenters. The first-order valence-corrected chi connectivity index (χ1v) is 6.25. The predicted octanol–water partition coefficient (Wildman–Crippen LogP) is 2.41. The molecular formula is C13H23N3O2. The van der Waals surface area contributed by atoms with E-state index in [0.717, 1.165) is 18.7 Å². The highest BCUT2D eigenvalue weighted by Gasteiger charge is 2.15. The van der Waals surface area contributed by atoms with Gasteiger partial charge in [0.05, 0.1) is 5.69 Å². The quantitative estimate of drug-likeness (QED) is 0.838. The van der Waals surface area contributed by atoms with Crippen molar-refractivity contribution in [1.29, 1.82) is 0 Å². The molecule has 102 valence electrons. The molecule has 1 N–H and O–H groups in total. The van der Waals surface area contributed by atoms with Gasteiger partial charge in [0.15, 0.2) is 0 Å². The third kappa shape index (κ3) is 5.21. The standard InChI is InChI=1S/C13H23N3O2/c1-10-9-16(15-11(10)2)8-6-7-14-12(17)18-13(3,4)5/h9H,6-8H2,1-5H3,(H,14,17). The highest BCUT2D eigenvalue weighted by molar-refractivity contribution is 5.67. The summed E-state index contributed by atoms with van der Waals surface area (Å²) in [5.74, 6) is 0. The Morgan fingerprint density at radius 1 is 1.44 bits per heavy atom. The van der Waals surface area contributed by atoms with Crippen molar-refractivity contribution in [3.05, 3.63) is 17.5 Å². The molecule has 1 heterocycles. The molecule has 0 aliphatic rings. The summed E-state index contributed by atoms with van der Waals surface area (Å²) in [4.78, 5) is 11.4. The third-order valence-corrected chi connectivity index (χ3v) is 2.42. The van der Waals surface area contributed by atoms with Crippen molar-refractivity contribution in [2.45, 2.75) is 53.2 Å². The molecule has 5 heteroatoms. The van der Waals surface area contributed by atoms with Crippen molar-refractivity contribution in [2.75, 3.05) is 6.54 Å². The zero-order valence-electron chi connectivity index (χ0n) is 11.9. The van der Waals surface area contributed by atoms with Crippen LogP contribution in [0.15, 0.2) is 6.20 Å². The number of nitrogens with zero attached hydrogens (tertiary/aromatic N) is 2. The van der Waals surface area contributed by atoms with E-state index in [1.54, 1.807) is 0 Å². The lowest BCUT2D eigenvalue weighted by Crippen LogP contribution is -2.33. The molecule has 0 unspecified atom stereocenters. The van der Waals surface area contributed by atoms with Gasteiger partial charge in [-0.1, -0.05) is 0 Å². The van der Waals surface area contributed by atoms with Crippen molar-refractivity contribution in [2.24, 2.45) is 0 Å². The Balaban J connectivity index is 2.21. The van der Waals surface area contributed by atoms with Gasteiger partial charge in [0, 0.05) is 19.3 Å². The summed E-state index contributed by atoms with van der Waals surface area (Å²) in [6.45, 7) is 11.0. The van der Waals surface area contributed by atoms with Gasteiger partial charge in [-0.05, 0) is 46.6 Å². The molecule has 0 fully saturated rings. The van der Waals surface area contributed by atoms with Crippen LogP contribution in [0.2, 0.25) is 0 Å². The number of rotatable bonds is 4. The summed E-state index contributed by atoms with van der Waals surface area (Å²) in [6, 6.07) is 0. The molecule has 0 aromatic carbocycles. The first-order valence-electron chi connectivity index (χ1n) is 6.25. The van der Waals surface area contributed by atoms with Crippen molar-refractivity contribution in [3.63, 3.8) is 0 Å². The SMILES string of the molecule is Cc1cn(CCCNC(=O)OC(C)(C)C)nc1C. The van der Waals surface area contributed by atoms with Gasteiger partial charge in [0.2, 0.25) is 0 Å². The van der Waals surface area contributed by atoms with E-state index >= 15 is 0 Å². The van der Waals surface area contributed by atoms with Crippen LogP contribution in [-0.2, 0) is 11.3 Å². The van der Waals surface area contributed by atoms with Gasteiger partial charge in [-0.15, -0.1) is 0 Å². The number of carbonyl (C=O) groups is 1. The molecule has 0 saturated carbocycles. The molecule has 0 saturated heterocycles. The van der Waals surface area contributed by atoms with Crippen LogP contribution in [0.4, 0.5) is 4.79 Å². The number of aromatic nitrogens is 2. The monoisotopic (exact) mass is 253 g/mol. The van der Waals surface area contributed by atoms with Crippen LogP contribution in [-0.4, -0.2) is 28.0 Å². The summed E-state index contributed by atoms with van der Waals surface area (Å²) in [5, 5.41) is 7.09. The van der Waals surface area contributed by atoms with Crippen LogP contribution >= 0.6 is 0 Å². The van der Waals surface area contributed by atoms with Crippen molar-refractivity contribution < 1.29 is 9.53 Å². The Hall–Kier alpha value is -1.52. The Labute approximate surface area is 109 Å². The molecule has 0 bridgehead atoms. The highest BCUT2D eigenvalue weighted by Crippen LogP contribution is 2.06. The number of alkyl carbamates (subject to hydrolysis) is 1. The maximum absolute atomic E-state index is 11.4. The molecule has 0 spiro atoms. The number of amides is 1. The lowest BCUT2D eigenvalue weighted by Gasteiger charge is -2.19. The Bertz CT molecular complexity index is 385. The Morgan fingerprint density at radius 2 is 2.11 bits per heavy atom. The van der Waals surface area contributed by atoms with E-state index in [1.165, 1.54) is 5.56 Å². The van der Waals surface area contributed by atoms with E-state index in [-0.39, 0.29) is 6.09 Å². The number of nitrogens with one attached hydrogen (secondary N) is 1. The second kappa shape index (κ2) is 5.89. The average Bonchev–Trinajstić information content (AvgIpc) is 2.51. The predicted molar refractivity (Wildman–Crippen MR) is 70.6 cm³/mol. The van der Waals surface area contributed by atoms with Crippen LogP contribution in [0.5, 0.6) is 0 Å². The van der Waals surface area contributed by atoms with Crippen LogP contribution in [0.1, 0.15) is 38.4 Å². The zero-order valence-corrected chi connectivity index (χ0v) is 11.9. The van der Waals surface area contributed by atoms with Crippen molar-refractivity contribution in [1.82, 2.24) is 15.1 Å². The fraction of sp³-hybridized carbons (Fsp3) is 0.692. The minimum atomic E-state index is -0.444. The van der Waals surface area contributed by atoms with E-state index in [9.17, 15) is 4.79 Å². The molecule has 1 aromatic heterocycles. The molecular weight excluding hydrogens is 230 g/mol. The van der Waals surface area contributed by atoms with E-state index in [1.807, 2.05) is 45.5 Å². The number of ether oxygens (including phenoxy) is 1. The maximum Gasteiger partial charge on any atom is 0.407 e. The Morgan fingerprint density at radius 3 is 2.61 bits per heavy atom. The molecule has 1 rings (SSSR count). The number of hydrogen-bond acceptors (Lipinski definition) is 3. The van der Waals surface area contributed by atoms with Crippen LogP contribution in [0.25, 0.3) is 0 Å². The fourth-order valence-electron chi connectivity index (χ4n) is 1.48. The maximum atomic E-state index is 11.4. The third-order valence-electron chi connectivity index (χ3n) is 2.42. The first-order chi connectivity index (χ1) is 8.28. The number of carbonyl (C=O) groups excluding carboxylic acids is 1. The second-order valence-corrected chi connectivity index (χ2v) is 5.44. The zero-order chi connectivity index (χ0) is 13.8. The topological polar surface area (TPSA) is 56.2 Å². The lowest BCUT2D eigenvalue weighted by molar-refractivity contribution is 0.0526. The van der Waals surface area contributed by atoms with Crippen LogP contribution < -0.4 is 5.32 Å². The molecule has 0 aliphatic heterocycles. The summed E-state index contributed by atoms with van der Waals surface area (Å²) >= 11 is 0. The molecule has 5 nitrogen and oxygen atoms in total. The van der Waals surface area contributed by atoms with E-state index in [4.69, 9.17) is 4.74 Å². The van der Waals surface area contributed by atoms with Crippen molar-refractivity contribution in [3.8, 4) is 0 Å². The largest absolute Gasteiger partial charge is 0.444 e. The second-order valence-electron chi connectivity index (χ2n) is 5.44. The van der Waals surface area contributed by atoms with Gasteiger partial charge in [-0.3, -0.25) is 4.68 Å². The lowest BCUT2D eigenvalue weighted by atomic mass is 10.2. The van der Waals surface area contributed by atoms with Gasteiger partial charge in [0.1, 0.15) is 5.60 Å². The van der Waals surface area contributed by atoms with Gasteiger partial charge in [-0.25, -0.2) is 4.79 Å². The summed E-state index contributed by atoms with van der Waals surface area (Å²) in [5.41, 5.74) is 1.80. The highest BCUT2D eigenvalue weighted by atomic mass is 16.6. The fourth-order valence-corrected chi connectivity index (χ4v) is 1.48. The Kier molecular flexibility index (Phi) is 4.76. The molecule has 0 aliphatic carbocycles. The molecule has 18 heavy (non-hydrogen) atoms. The summed E-state index contributed by atoms with van der Waals surface area (Å²) in [7, 11) is 0. The van der Waals surface area contributed by atoms with Gasteiger partial charge >= 0.3 is 6.09 Å². The molecule has 0 radical (unpaired) electrons. The number of aryl methyl sites for hydroxylation is 3. The first kappa shape index (κ1) is 14.5. The van der Waals surface area contributed by atoms with E-state index in [0.29, 0.717) is 6.54 Å². The molecule has 1 amide bonds. The van der Waals surface area contributed by atoms with E-state index < -0.39 is 5.60 Å². The van der Waals surface area contributed by atoms with E-state index in [2.05, 4.69) is 10.4 Å². The minimum absolute atomic E-state index is 0.365. The normalized spacial score (nSPS) is 11.4.